The Morgan fingerprint density at radius 3 is 1.41 bits per heavy atom. The lowest BCUT2D eigenvalue weighted by atomic mass is 10.2. The van der Waals surface area contributed by atoms with Crippen molar-refractivity contribution in [2.24, 2.45) is 0 Å². The molecule has 36 heteroatoms. The second-order valence-corrected chi connectivity index (χ2v) is 22.6. The van der Waals surface area contributed by atoms with E-state index in [-0.39, 0.29) is 44.1 Å². The molecule has 3 saturated heterocycles. The van der Waals surface area contributed by atoms with E-state index in [9.17, 15) is 53.9 Å². The molecule has 6 N–H and O–H groups in total. The molecular weight excluding hydrogens is 1320 g/mol. The van der Waals surface area contributed by atoms with Crippen LogP contribution < -0.4 is 30.7 Å². The summed E-state index contributed by atoms with van der Waals surface area (Å²) in [5.41, 5.74) is 3.79. The van der Waals surface area contributed by atoms with Crippen LogP contribution in [0.3, 0.4) is 0 Å². The Bertz CT molecular complexity index is 4180. The Morgan fingerprint density at radius 1 is 0.585 bits per heavy atom. The fourth-order valence-electron chi connectivity index (χ4n) is 10.8. The molecular formula is C58H55Cl3F9N19O5. The quantitative estimate of drug-likeness (QED) is 0.0365. The number of carbonyl (C=O) groups is 3. The summed E-state index contributed by atoms with van der Waals surface area (Å²) in [6.07, 6.45) is 2.92. The van der Waals surface area contributed by atoms with E-state index < -0.39 is 74.0 Å². The van der Waals surface area contributed by atoms with E-state index in [1.807, 2.05) is 22.9 Å². The summed E-state index contributed by atoms with van der Waals surface area (Å²) in [4.78, 5) is 94.5. The first-order chi connectivity index (χ1) is 44.8. The minimum atomic E-state index is -4.51. The lowest BCUT2D eigenvalue weighted by molar-refractivity contribution is -0.139. The first-order valence-electron chi connectivity index (χ1n) is 28.7. The SMILES string of the molecule is C=CCOC1C[C@@H](C(=O)NCC(F)(F)F)N(c2ccnc(-c3c[nH]c4ncc(Cl)cc34)n2)C1.CCOC1C[C@@H](C(=O)NCC(F)(F)F)N(c2ccnc(-c3c[nH]c4ncc(Cl)cc34)n2)C1.O=C(NCC(F)(F)F)[C@@H]1CCCN1c1ncnc(-c2c[nH]c3ncc(Cl)cc23)n1. The maximum absolute atomic E-state index is 12.6. The van der Waals surface area contributed by atoms with E-state index in [2.05, 4.69) is 71.4 Å². The highest BCUT2D eigenvalue weighted by molar-refractivity contribution is 6.32. The monoisotopic (exact) mass is 1370 g/mol. The zero-order chi connectivity index (χ0) is 67.1. The summed E-state index contributed by atoms with van der Waals surface area (Å²) < 4.78 is 124. The summed E-state index contributed by atoms with van der Waals surface area (Å²) in [5, 5.41) is 9.37. The number of anilines is 3. The predicted octanol–water partition coefficient (Wildman–Crippen LogP) is 9.55. The Hall–Kier alpha value is -9.05. The molecule has 3 aliphatic heterocycles. The van der Waals surface area contributed by atoms with Crippen molar-refractivity contribution < 1.29 is 63.4 Å². The van der Waals surface area contributed by atoms with E-state index in [1.165, 1.54) is 37.3 Å². The van der Waals surface area contributed by atoms with E-state index in [0.717, 1.165) is 10.8 Å². The molecule has 3 amide bonds. The maximum Gasteiger partial charge on any atom is 0.405 e. The minimum absolute atomic E-state index is 0.212. The number of alkyl halides is 9. The molecule has 2 unspecified atom stereocenters. The van der Waals surface area contributed by atoms with Gasteiger partial charge in [-0.3, -0.25) is 14.4 Å². The molecule has 0 aliphatic carbocycles. The van der Waals surface area contributed by atoms with Crippen molar-refractivity contribution in [3.63, 3.8) is 0 Å². The average molecular weight is 1380 g/mol. The molecule has 3 fully saturated rings. The van der Waals surface area contributed by atoms with Gasteiger partial charge in [0.2, 0.25) is 23.7 Å². The van der Waals surface area contributed by atoms with Gasteiger partial charge < -0.3 is 55.1 Å². The van der Waals surface area contributed by atoms with Crippen molar-refractivity contribution in [1.29, 1.82) is 0 Å². The topological polar surface area (TPSA) is 292 Å². The van der Waals surface area contributed by atoms with Gasteiger partial charge in [0.05, 0.1) is 33.9 Å². The molecule has 5 atom stereocenters. The number of nitrogens with one attached hydrogen (secondary N) is 6. The lowest BCUT2D eigenvalue weighted by Gasteiger charge is -2.25. The van der Waals surface area contributed by atoms with Gasteiger partial charge in [-0.2, -0.15) is 44.5 Å². The number of halogens is 12. The smallest absolute Gasteiger partial charge is 0.377 e. The van der Waals surface area contributed by atoms with Crippen molar-refractivity contribution >= 4 is 103 Å². The van der Waals surface area contributed by atoms with Crippen LogP contribution in [0, 0.1) is 0 Å². The van der Waals surface area contributed by atoms with Crippen LogP contribution in [0.4, 0.5) is 57.1 Å². The number of pyridine rings is 3. The molecule has 9 aromatic rings. The number of fused-ring (bicyclic) bond motifs is 3. The number of nitrogens with zero attached hydrogens (tertiary/aromatic N) is 13. The van der Waals surface area contributed by atoms with Crippen LogP contribution >= 0.6 is 34.8 Å². The van der Waals surface area contributed by atoms with Gasteiger partial charge >= 0.3 is 18.5 Å². The number of hydrogen-bond donors (Lipinski definition) is 6. The minimum Gasteiger partial charge on any atom is -0.377 e. The normalized spacial score (nSPS) is 18.3. The number of aromatic amines is 3. The number of hydrogen-bond acceptors (Lipinski definition) is 18. The molecule has 0 spiro atoms. The van der Waals surface area contributed by atoms with Gasteiger partial charge in [0.1, 0.15) is 72.7 Å². The van der Waals surface area contributed by atoms with Gasteiger partial charge in [-0.05, 0) is 50.1 Å². The van der Waals surface area contributed by atoms with Gasteiger partial charge in [-0.1, -0.05) is 40.9 Å². The molecule has 0 bridgehead atoms. The van der Waals surface area contributed by atoms with Crippen LogP contribution in [-0.2, 0) is 23.9 Å². The highest BCUT2D eigenvalue weighted by atomic mass is 35.5. The van der Waals surface area contributed by atoms with Gasteiger partial charge in [0.25, 0.3) is 0 Å². The maximum atomic E-state index is 12.6. The first kappa shape index (κ1) is 67.8. The lowest BCUT2D eigenvalue weighted by Crippen LogP contribution is -2.46. The molecule has 0 aromatic carbocycles. The summed E-state index contributed by atoms with van der Waals surface area (Å²) in [6, 6.07) is 5.90. The third-order valence-corrected chi connectivity index (χ3v) is 15.4. The second kappa shape index (κ2) is 29.1. The number of amides is 3. The van der Waals surface area contributed by atoms with Crippen molar-refractivity contribution in [2.75, 3.05) is 67.2 Å². The van der Waals surface area contributed by atoms with Gasteiger partial charge in [-0.25, -0.2) is 44.9 Å². The number of carbonyl (C=O) groups excluding carboxylic acids is 3. The van der Waals surface area contributed by atoms with Crippen LogP contribution in [0.1, 0.15) is 32.6 Å². The zero-order valence-corrected chi connectivity index (χ0v) is 51.4. The molecule has 9 aromatic heterocycles. The van der Waals surface area contributed by atoms with Crippen LogP contribution in [0.25, 0.3) is 67.3 Å². The van der Waals surface area contributed by atoms with E-state index in [4.69, 9.17) is 44.3 Å². The Labute approximate surface area is 541 Å². The van der Waals surface area contributed by atoms with Gasteiger partial charge in [0.15, 0.2) is 17.5 Å². The largest absolute Gasteiger partial charge is 0.405 e. The number of aromatic nitrogens is 13. The molecule has 0 saturated carbocycles. The highest BCUT2D eigenvalue weighted by Gasteiger charge is 2.42. The Morgan fingerprint density at radius 2 is 1.00 bits per heavy atom. The molecule has 12 heterocycles. The predicted molar refractivity (Wildman–Crippen MR) is 329 cm³/mol. The molecule has 12 rings (SSSR count). The first-order valence-corrected chi connectivity index (χ1v) is 29.9. The molecule has 0 radical (unpaired) electrons. The van der Waals surface area contributed by atoms with E-state index in [1.54, 1.807) is 69.7 Å². The van der Waals surface area contributed by atoms with Crippen molar-refractivity contribution in [2.45, 2.75) is 81.5 Å². The van der Waals surface area contributed by atoms with Crippen molar-refractivity contribution in [3.8, 4) is 34.2 Å². The zero-order valence-electron chi connectivity index (χ0n) is 49.1. The molecule has 3 aliphatic rings. The van der Waals surface area contributed by atoms with Crippen LogP contribution in [-0.4, -0.2) is 184 Å². The molecule has 24 nitrogen and oxygen atoms in total. The summed E-state index contributed by atoms with van der Waals surface area (Å²) >= 11 is 18.2. The molecule has 496 valence electrons. The second-order valence-electron chi connectivity index (χ2n) is 21.3. The van der Waals surface area contributed by atoms with Gasteiger partial charge in [-0.15, -0.1) is 6.58 Å². The Balaban J connectivity index is 0.000000154. The summed E-state index contributed by atoms with van der Waals surface area (Å²) in [5.74, 6) is -0.0942. The van der Waals surface area contributed by atoms with Crippen LogP contribution in [0.5, 0.6) is 0 Å². The van der Waals surface area contributed by atoms with Crippen molar-refractivity contribution in [3.05, 3.63) is 114 Å². The fourth-order valence-corrected chi connectivity index (χ4v) is 11.3. The van der Waals surface area contributed by atoms with Gasteiger partial charge in [0, 0.05) is 122 Å². The summed E-state index contributed by atoms with van der Waals surface area (Å²) in [6.45, 7) is 2.96. The van der Waals surface area contributed by atoms with Crippen LogP contribution in [0.15, 0.2) is 98.9 Å². The fraction of sp³-hybridized carbons (Fsp3) is 0.362. The summed E-state index contributed by atoms with van der Waals surface area (Å²) in [7, 11) is 0. The van der Waals surface area contributed by atoms with E-state index in [0.29, 0.717) is 116 Å². The average Bonchev–Trinajstić information content (AvgIpc) is 1.61. The third kappa shape index (κ3) is 16.8. The number of rotatable bonds is 17. The van der Waals surface area contributed by atoms with Crippen molar-refractivity contribution in [1.82, 2.24) is 80.7 Å². The number of H-pyrrole nitrogens is 3. The highest BCUT2D eigenvalue weighted by Crippen LogP contribution is 2.35. The third-order valence-electron chi connectivity index (χ3n) is 14.8. The number of ether oxygens (including phenoxy) is 2. The van der Waals surface area contributed by atoms with Crippen LogP contribution in [0.2, 0.25) is 15.1 Å². The van der Waals surface area contributed by atoms with E-state index >= 15 is 0 Å². The standard InChI is InChI=1S/C21H20ClF3N6O2.C20H20ClF3N6O2.C17H15ClF3N7O/c1-2-5-33-13-7-16(20(32)29-11-21(23,24)25)31(10-13)17-3-4-26-19(30-17)15-9-28-18-14(15)6-12(22)8-27-18;1-2-32-12-6-15(19(31)28-10-20(22,23)24)30(9-12)16-3-4-25-18(29-16)14-8-27-17-13(14)5-11(21)7-26-17;18-9-4-10-11(6-23-13(10)22-5-9)14-25-8-26-16(27-14)28-3-1-2-12(28)15(29)24-7-17(19,20)21/h2-4,6,8-9,13,16H,1,5,7,10-11H2,(H,27,28)(H,29,32);3-5,7-8,12,15H,2,6,9-10H2,1H3,(H,26,27)(H,28,31);4-6,8,12H,1-3,7H2,(H,22,23)(H,24,29)/t13?,16-;12?,15-;12-/m000/s1. The molecule has 94 heavy (non-hydrogen) atoms. The Kier molecular flexibility index (Phi) is 21.0.